The van der Waals surface area contributed by atoms with Crippen molar-refractivity contribution in [3.05, 3.63) is 71.2 Å². The molecular formula is C22H22FN5O5S2. The molecule has 1 aromatic carbocycles. The van der Waals surface area contributed by atoms with E-state index >= 15 is 0 Å². The third-order valence-electron chi connectivity index (χ3n) is 4.99. The van der Waals surface area contributed by atoms with Crippen LogP contribution >= 0.6 is 11.3 Å². The lowest BCUT2D eigenvalue weighted by Crippen LogP contribution is -2.38. The minimum Gasteiger partial charge on any atom is -0.389 e. The first-order valence-electron chi connectivity index (χ1n) is 10.6. The van der Waals surface area contributed by atoms with Crippen LogP contribution in [0, 0.1) is 5.13 Å². The summed E-state index contributed by atoms with van der Waals surface area (Å²) in [7, 11) is -3.76. The summed E-state index contributed by atoms with van der Waals surface area (Å²) in [6.07, 6.45) is 3.78. The van der Waals surface area contributed by atoms with E-state index < -0.39 is 21.1 Å². The van der Waals surface area contributed by atoms with Crippen LogP contribution < -0.4 is 10.0 Å². The Labute approximate surface area is 205 Å². The molecule has 35 heavy (non-hydrogen) atoms. The molecule has 13 heteroatoms. The van der Waals surface area contributed by atoms with Crippen molar-refractivity contribution in [1.82, 2.24) is 14.7 Å². The number of carbonyl (C=O) groups excluding carboxylic acids is 1. The molecule has 0 radical (unpaired) electrons. The highest BCUT2D eigenvalue weighted by Gasteiger charge is 2.23. The third-order valence-corrected chi connectivity index (χ3v) is 7.23. The van der Waals surface area contributed by atoms with Gasteiger partial charge in [-0.2, -0.15) is 4.39 Å². The van der Waals surface area contributed by atoms with Crippen LogP contribution in [-0.2, 0) is 31.0 Å². The average Bonchev–Trinajstić information content (AvgIpc) is 3.27. The van der Waals surface area contributed by atoms with E-state index in [4.69, 9.17) is 9.57 Å². The van der Waals surface area contributed by atoms with Gasteiger partial charge in [0.15, 0.2) is 22.6 Å². The van der Waals surface area contributed by atoms with Crippen LogP contribution in [0.1, 0.15) is 24.1 Å². The van der Waals surface area contributed by atoms with Crippen LogP contribution in [0.15, 0.2) is 64.9 Å². The van der Waals surface area contributed by atoms with E-state index in [1.807, 2.05) is 0 Å². The molecule has 4 rings (SSSR count). The standard InChI is InChI=1S/C22H22FN5O5S2/c23-19-13-25-22(34-19)26-21(29)20(27-33-14-17-3-1-2-10-24-17)15-4-6-18(7-5-15)35(30,31)28-16-8-11-32-12-9-16/h1-7,10,13,16,28H,8-9,11-12,14H2,(H,25,26,29). The van der Waals surface area contributed by atoms with E-state index in [0.29, 0.717) is 48.6 Å². The summed E-state index contributed by atoms with van der Waals surface area (Å²) in [5, 5.41) is 5.90. The number of pyridine rings is 1. The number of amides is 1. The van der Waals surface area contributed by atoms with Gasteiger partial charge >= 0.3 is 0 Å². The monoisotopic (exact) mass is 519 g/mol. The summed E-state index contributed by atoms with van der Waals surface area (Å²) >= 11 is 0.660. The molecule has 0 spiro atoms. The number of oxime groups is 1. The van der Waals surface area contributed by atoms with Gasteiger partial charge in [0.05, 0.1) is 16.8 Å². The number of rotatable bonds is 9. The van der Waals surface area contributed by atoms with Gasteiger partial charge in [0, 0.05) is 31.0 Å². The summed E-state index contributed by atoms with van der Waals surface area (Å²) in [6.45, 7) is 1.01. The van der Waals surface area contributed by atoms with Gasteiger partial charge in [-0.3, -0.25) is 15.1 Å². The van der Waals surface area contributed by atoms with Gasteiger partial charge in [0.1, 0.15) is 0 Å². The fourth-order valence-corrected chi connectivity index (χ4v) is 5.08. The van der Waals surface area contributed by atoms with Crippen LogP contribution in [0.4, 0.5) is 9.52 Å². The van der Waals surface area contributed by atoms with Gasteiger partial charge in [-0.05, 0) is 37.1 Å². The summed E-state index contributed by atoms with van der Waals surface area (Å²) in [5.41, 5.74) is 0.752. The van der Waals surface area contributed by atoms with Crippen molar-refractivity contribution in [2.45, 2.75) is 30.4 Å². The minimum atomic E-state index is -3.76. The number of halogens is 1. The molecule has 1 aliphatic rings. The third kappa shape index (κ3) is 6.88. The second-order valence-corrected chi connectivity index (χ2v) is 10.2. The van der Waals surface area contributed by atoms with Crippen molar-refractivity contribution in [2.75, 3.05) is 18.5 Å². The summed E-state index contributed by atoms with van der Waals surface area (Å²) < 4.78 is 46.7. The van der Waals surface area contributed by atoms with Crippen molar-refractivity contribution in [1.29, 1.82) is 0 Å². The van der Waals surface area contributed by atoms with Crippen molar-refractivity contribution in [3.63, 3.8) is 0 Å². The Morgan fingerprint density at radius 2 is 1.94 bits per heavy atom. The molecule has 0 atom stereocenters. The second kappa shape index (κ2) is 11.4. The van der Waals surface area contributed by atoms with Gasteiger partial charge in [0.2, 0.25) is 10.0 Å². The molecule has 0 saturated carbocycles. The Balaban J connectivity index is 1.53. The first-order chi connectivity index (χ1) is 16.9. The van der Waals surface area contributed by atoms with Gasteiger partial charge in [-0.15, -0.1) is 0 Å². The zero-order valence-corrected chi connectivity index (χ0v) is 20.0. The topological polar surface area (TPSA) is 132 Å². The first-order valence-corrected chi connectivity index (χ1v) is 12.9. The normalized spacial score (nSPS) is 15.1. The first kappa shape index (κ1) is 24.9. The number of thiazole rings is 1. The molecule has 2 N–H and O–H groups in total. The average molecular weight is 520 g/mol. The number of nitrogens with one attached hydrogen (secondary N) is 2. The number of ether oxygens (including phenoxy) is 1. The molecule has 3 aromatic rings. The minimum absolute atomic E-state index is 0.00495. The maximum atomic E-state index is 13.3. The van der Waals surface area contributed by atoms with Crippen molar-refractivity contribution in [2.24, 2.45) is 5.16 Å². The highest BCUT2D eigenvalue weighted by Crippen LogP contribution is 2.18. The van der Waals surface area contributed by atoms with Gasteiger partial charge in [0.25, 0.3) is 5.91 Å². The molecule has 184 valence electrons. The molecule has 0 aliphatic carbocycles. The van der Waals surface area contributed by atoms with E-state index in [0.717, 1.165) is 6.20 Å². The van der Waals surface area contributed by atoms with Gasteiger partial charge in [-0.25, -0.2) is 18.1 Å². The number of hydrogen-bond donors (Lipinski definition) is 2. The van der Waals surface area contributed by atoms with Crippen molar-refractivity contribution in [3.8, 4) is 0 Å². The van der Waals surface area contributed by atoms with E-state index in [2.05, 4.69) is 25.2 Å². The number of sulfonamides is 1. The second-order valence-electron chi connectivity index (χ2n) is 7.49. The number of benzene rings is 1. The Hall–Kier alpha value is -3.26. The zero-order valence-electron chi connectivity index (χ0n) is 18.4. The molecule has 1 saturated heterocycles. The van der Waals surface area contributed by atoms with E-state index in [1.165, 1.54) is 24.3 Å². The highest BCUT2D eigenvalue weighted by atomic mass is 32.2. The van der Waals surface area contributed by atoms with Gasteiger partial charge < -0.3 is 9.57 Å². The lowest BCUT2D eigenvalue weighted by molar-refractivity contribution is -0.110. The Morgan fingerprint density at radius 3 is 2.60 bits per heavy atom. The van der Waals surface area contributed by atoms with Crippen LogP contribution in [0.25, 0.3) is 0 Å². The number of hydrogen-bond acceptors (Lipinski definition) is 9. The smallest absolute Gasteiger partial charge is 0.280 e. The Kier molecular flexibility index (Phi) is 8.13. The van der Waals surface area contributed by atoms with Crippen LogP contribution in [0.5, 0.6) is 0 Å². The molecule has 1 amide bonds. The van der Waals surface area contributed by atoms with Crippen LogP contribution in [-0.4, -0.2) is 49.3 Å². The van der Waals surface area contributed by atoms with Crippen molar-refractivity contribution >= 4 is 38.1 Å². The predicted octanol–water partition coefficient (Wildman–Crippen LogP) is 2.69. The lowest BCUT2D eigenvalue weighted by atomic mass is 10.1. The maximum absolute atomic E-state index is 13.3. The molecule has 2 aromatic heterocycles. The molecule has 10 nitrogen and oxygen atoms in total. The molecular weight excluding hydrogens is 497 g/mol. The SMILES string of the molecule is O=C(Nc1ncc(F)s1)C(=NOCc1ccccn1)c1ccc(S(=O)(=O)NC2CCOCC2)cc1. The number of nitrogens with zero attached hydrogens (tertiary/aromatic N) is 3. The summed E-state index contributed by atoms with van der Waals surface area (Å²) in [5.74, 6) is -0.698. The maximum Gasteiger partial charge on any atom is 0.280 e. The lowest BCUT2D eigenvalue weighted by Gasteiger charge is -2.23. The quantitative estimate of drug-likeness (QED) is 0.328. The molecule has 0 bridgehead atoms. The molecule has 1 fully saturated rings. The number of aromatic nitrogens is 2. The fourth-order valence-electron chi connectivity index (χ4n) is 3.24. The molecule has 1 aliphatic heterocycles. The Morgan fingerprint density at radius 1 is 1.17 bits per heavy atom. The fraction of sp³-hybridized carbons (Fsp3) is 0.273. The predicted molar refractivity (Wildman–Crippen MR) is 127 cm³/mol. The highest BCUT2D eigenvalue weighted by molar-refractivity contribution is 7.89. The van der Waals surface area contributed by atoms with E-state index in [9.17, 15) is 17.6 Å². The van der Waals surface area contributed by atoms with Crippen molar-refractivity contribution < 1.29 is 27.2 Å². The molecule has 3 heterocycles. The van der Waals surface area contributed by atoms with Crippen LogP contribution in [0.3, 0.4) is 0 Å². The number of anilines is 1. The molecule has 0 unspecified atom stereocenters. The summed E-state index contributed by atoms with van der Waals surface area (Å²) in [6, 6.07) is 10.7. The Bertz CT molecular complexity index is 1280. The largest absolute Gasteiger partial charge is 0.389 e. The number of carbonyl (C=O) groups is 1. The van der Waals surface area contributed by atoms with E-state index in [1.54, 1.807) is 24.4 Å². The zero-order chi connectivity index (χ0) is 24.7. The van der Waals surface area contributed by atoms with Crippen LogP contribution in [0.2, 0.25) is 0 Å². The van der Waals surface area contributed by atoms with E-state index in [-0.39, 0.29) is 28.4 Å². The summed E-state index contributed by atoms with van der Waals surface area (Å²) in [4.78, 5) is 26.1. The van der Waals surface area contributed by atoms with Gasteiger partial charge in [-0.1, -0.05) is 34.7 Å².